The van der Waals surface area contributed by atoms with E-state index in [1.807, 2.05) is 25.3 Å². The number of anilines is 1. The largest absolute Gasteiger partial charge is 0.448 e. The number of nitrogens with one attached hydrogen (secondary N) is 1. The van der Waals surface area contributed by atoms with Crippen LogP contribution in [0.5, 0.6) is 0 Å². The van der Waals surface area contributed by atoms with Gasteiger partial charge in [0.1, 0.15) is 0 Å². The summed E-state index contributed by atoms with van der Waals surface area (Å²) in [5.74, 6) is -0.0715. The van der Waals surface area contributed by atoms with Gasteiger partial charge in [-0.1, -0.05) is 32.9 Å². The van der Waals surface area contributed by atoms with Crippen LogP contribution in [0.4, 0.5) is 10.6 Å². The van der Waals surface area contributed by atoms with Gasteiger partial charge in [-0.15, -0.1) is 5.10 Å². The molecule has 2 aromatic heterocycles. The van der Waals surface area contributed by atoms with E-state index in [2.05, 4.69) is 61.5 Å². The third kappa shape index (κ3) is 6.24. The second-order valence-corrected chi connectivity index (χ2v) is 16.3. The molecule has 0 bridgehead atoms. The molecule has 1 fully saturated rings. The maximum Gasteiger partial charge on any atom is 0.434 e. The topological polar surface area (TPSA) is 100 Å². The molecular formula is C28H39N5O4Si. The van der Waals surface area contributed by atoms with Crippen molar-refractivity contribution in [2.45, 2.75) is 84.0 Å². The average molecular weight is 538 g/mol. The van der Waals surface area contributed by atoms with Gasteiger partial charge in [0, 0.05) is 23.7 Å². The molecule has 9 nitrogen and oxygen atoms in total. The zero-order chi connectivity index (χ0) is 27.7. The maximum atomic E-state index is 13.0. The van der Waals surface area contributed by atoms with E-state index in [-0.39, 0.29) is 23.5 Å². The zero-order valence-electron chi connectivity index (χ0n) is 23.4. The Morgan fingerprint density at radius 3 is 2.61 bits per heavy atom. The average Bonchev–Trinajstić information content (AvgIpc) is 3.43. The maximum absolute atomic E-state index is 13.0. The van der Waals surface area contributed by atoms with Gasteiger partial charge in [0.05, 0.1) is 36.7 Å². The fourth-order valence-electron chi connectivity index (χ4n) is 3.81. The number of rotatable bonds is 9. The molecule has 2 heterocycles. The van der Waals surface area contributed by atoms with Crippen LogP contribution in [0.2, 0.25) is 18.1 Å². The van der Waals surface area contributed by atoms with Gasteiger partial charge < -0.3 is 14.5 Å². The minimum absolute atomic E-state index is 0.147. The highest BCUT2D eigenvalue weighted by Crippen LogP contribution is 2.41. The molecule has 0 aliphatic heterocycles. The minimum atomic E-state index is -1.85. The summed E-state index contributed by atoms with van der Waals surface area (Å²) in [5.41, 5.74) is 3.54. The lowest BCUT2D eigenvalue weighted by atomic mass is 10.0. The summed E-state index contributed by atoms with van der Waals surface area (Å²) in [5, 5.41) is 11.8. The third-order valence-corrected chi connectivity index (χ3v) is 12.0. The van der Waals surface area contributed by atoms with Crippen molar-refractivity contribution in [3.63, 3.8) is 0 Å². The SMILES string of the molecule is CCOC(=O)n1nc(NC(=O)C(C)c2cnn(-c3cccc(CO[Si](C)(C)C(C)(C)C)c3)c2)cc1C1CC1. The fraction of sp³-hybridized carbons (Fsp3) is 0.500. The number of carbonyl (C=O) groups excluding carboxylic acids is 2. The Morgan fingerprint density at radius 1 is 1.21 bits per heavy atom. The Hall–Kier alpha value is -3.24. The van der Waals surface area contributed by atoms with Gasteiger partial charge in [-0.2, -0.15) is 9.78 Å². The molecule has 3 aromatic rings. The smallest absolute Gasteiger partial charge is 0.434 e. The number of benzene rings is 1. The highest BCUT2D eigenvalue weighted by molar-refractivity contribution is 6.74. The molecule has 1 aliphatic rings. The molecule has 10 heteroatoms. The Morgan fingerprint density at radius 2 is 1.95 bits per heavy atom. The number of hydrogen-bond donors (Lipinski definition) is 1. The van der Waals surface area contributed by atoms with Crippen LogP contribution in [0.3, 0.4) is 0 Å². The van der Waals surface area contributed by atoms with Gasteiger partial charge in [0.15, 0.2) is 14.1 Å². The van der Waals surface area contributed by atoms with Gasteiger partial charge in [-0.25, -0.2) is 9.48 Å². The molecule has 1 N–H and O–H groups in total. The second-order valence-electron chi connectivity index (χ2n) is 11.5. The molecule has 1 amide bonds. The van der Waals surface area contributed by atoms with E-state index in [4.69, 9.17) is 9.16 Å². The first-order chi connectivity index (χ1) is 17.9. The predicted molar refractivity (Wildman–Crippen MR) is 149 cm³/mol. The minimum Gasteiger partial charge on any atom is -0.448 e. The molecule has 1 atom stereocenters. The Labute approximate surface area is 225 Å². The van der Waals surface area contributed by atoms with Crippen molar-refractivity contribution >= 4 is 26.1 Å². The van der Waals surface area contributed by atoms with E-state index in [0.717, 1.165) is 35.3 Å². The normalized spacial score (nSPS) is 14.8. The quantitative estimate of drug-likeness (QED) is 0.326. The summed E-state index contributed by atoms with van der Waals surface area (Å²) in [6.07, 6.45) is 5.04. The molecule has 0 spiro atoms. The summed E-state index contributed by atoms with van der Waals surface area (Å²) in [6, 6.07) is 9.87. The number of amides is 1. The number of carbonyl (C=O) groups is 2. The Kier molecular flexibility index (Phi) is 7.94. The summed E-state index contributed by atoms with van der Waals surface area (Å²) in [4.78, 5) is 25.3. The van der Waals surface area contributed by atoms with E-state index in [1.165, 1.54) is 4.68 Å². The Balaban J connectivity index is 1.43. The van der Waals surface area contributed by atoms with Crippen LogP contribution in [0.15, 0.2) is 42.7 Å². The molecule has 0 saturated heterocycles. The monoisotopic (exact) mass is 537 g/mol. The van der Waals surface area contributed by atoms with Crippen molar-refractivity contribution < 1.29 is 18.8 Å². The molecule has 1 aromatic carbocycles. The standard InChI is InChI=1S/C28H39N5O4Si/c1-8-36-27(35)33-24(21-12-13-21)15-25(31-33)30-26(34)19(2)22-16-29-32(17-22)23-11-9-10-20(14-23)18-37-38(6,7)28(3,4)5/h9-11,14-17,19,21H,8,12-13,18H2,1-7H3,(H,30,31,34). The number of hydrogen-bond acceptors (Lipinski definition) is 6. The summed E-state index contributed by atoms with van der Waals surface area (Å²) in [6.45, 7) is 15.6. The van der Waals surface area contributed by atoms with Crippen molar-refractivity contribution in [2.75, 3.05) is 11.9 Å². The summed E-state index contributed by atoms with van der Waals surface area (Å²) < 4.78 is 14.5. The highest BCUT2D eigenvalue weighted by Gasteiger charge is 2.37. The van der Waals surface area contributed by atoms with Crippen LogP contribution in [0, 0.1) is 0 Å². The van der Waals surface area contributed by atoms with E-state index in [0.29, 0.717) is 12.4 Å². The van der Waals surface area contributed by atoms with E-state index >= 15 is 0 Å². The van der Waals surface area contributed by atoms with Crippen LogP contribution in [0.1, 0.15) is 76.1 Å². The predicted octanol–water partition coefficient (Wildman–Crippen LogP) is 6.21. The molecule has 4 rings (SSSR count). The number of ether oxygens (including phenoxy) is 1. The molecule has 204 valence electrons. The number of nitrogens with zero attached hydrogens (tertiary/aromatic N) is 4. The van der Waals surface area contributed by atoms with Crippen LogP contribution in [-0.4, -0.2) is 46.5 Å². The van der Waals surface area contributed by atoms with Gasteiger partial charge in [-0.3, -0.25) is 4.79 Å². The van der Waals surface area contributed by atoms with Gasteiger partial charge in [0.25, 0.3) is 0 Å². The van der Waals surface area contributed by atoms with Gasteiger partial charge >= 0.3 is 6.09 Å². The zero-order valence-corrected chi connectivity index (χ0v) is 24.4. The molecule has 1 aliphatic carbocycles. The summed E-state index contributed by atoms with van der Waals surface area (Å²) >= 11 is 0. The molecule has 38 heavy (non-hydrogen) atoms. The molecule has 1 saturated carbocycles. The lowest BCUT2D eigenvalue weighted by Crippen LogP contribution is -2.40. The Bertz CT molecular complexity index is 1300. The van der Waals surface area contributed by atoms with Crippen LogP contribution in [0.25, 0.3) is 5.69 Å². The van der Waals surface area contributed by atoms with Crippen molar-refractivity contribution in [2.24, 2.45) is 0 Å². The lowest BCUT2D eigenvalue weighted by Gasteiger charge is -2.36. The lowest BCUT2D eigenvalue weighted by molar-refractivity contribution is -0.117. The van der Waals surface area contributed by atoms with Crippen molar-refractivity contribution in [3.8, 4) is 5.69 Å². The molecule has 0 radical (unpaired) electrons. The first-order valence-corrected chi connectivity index (χ1v) is 16.2. The van der Waals surface area contributed by atoms with E-state index in [9.17, 15) is 9.59 Å². The molecule has 1 unspecified atom stereocenters. The summed E-state index contributed by atoms with van der Waals surface area (Å²) in [7, 11) is -1.85. The second kappa shape index (κ2) is 10.9. The van der Waals surface area contributed by atoms with Crippen molar-refractivity contribution in [3.05, 3.63) is 59.5 Å². The third-order valence-electron chi connectivity index (χ3n) is 7.50. The first-order valence-electron chi connectivity index (χ1n) is 13.3. The van der Waals surface area contributed by atoms with E-state index in [1.54, 1.807) is 23.9 Å². The van der Waals surface area contributed by atoms with Crippen LogP contribution in [-0.2, 0) is 20.6 Å². The fourth-order valence-corrected chi connectivity index (χ4v) is 4.77. The first kappa shape index (κ1) is 27.8. The van der Waals surface area contributed by atoms with Crippen LogP contribution < -0.4 is 5.32 Å². The highest BCUT2D eigenvalue weighted by atomic mass is 28.4. The van der Waals surface area contributed by atoms with Gasteiger partial charge in [0.2, 0.25) is 5.91 Å². The molecular weight excluding hydrogens is 498 g/mol. The van der Waals surface area contributed by atoms with Crippen molar-refractivity contribution in [1.82, 2.24) is 19.6 Å². The van der Waals surface area contributed by atoms with E-state index < -0.39 is 20.3 Å². The van der Waals surface area contributed by atoms with Crippen LogP contribution >= 0.6 is 0 Å². The number of aromatic nitrogens is 4. The van der Waals surface area contributed by atoms with Crippen molar-refractivity contribution in [1.29, 1.82) is 0 Å². The van der Waals surface area contributed by atoms with Gasteiger partial charge in [-0.05, 0) is 62.5 Å².